The second-order valence-electron chi connectivity index (χ2n) is 4.55. The smallest absolute Gasteiger partial charge is 0.331 e. The number of aliphatic hydroxyl groups excluding tert-OH is 1. The average Bonchev–Trinajstić information content (AvgIpc) is 2.51. The molecule has 0 aromatic heterocycles. The van der Waals surface area contributed by atoms with Gasteiger partial charge in [0.15, 0.2) is 6.04 Å². The minimum atomic E-state index is -1.29. The molecule has 0 saturated carbocycles. The summed E-state index contributed by atoms with van der Waals surface area (Å²) in [4.78, 5) is 34.1. The van der Waals surface area contributed by atoms with Gasteiger partial charge in [-0.2, -0.15) is 0 Å². The average molecular weight is 309 g/mol. The number of esters is 1. The Morgan fingerprint density at radius 3 is 2.36 bits per heavy atom. The highest BCUT2D eigenvalue weighted by Gasteiger charge is 2.30. The lowest BCUT2D eigenvalue weighted by molar-refractivity contribution is -0.151. The molecule has 0 radical (unpaired) electrons. The van der Waals surface area contributed by atoms with Crippen LogP contribution in [0.2, 0.25) is 0 Å². The summed E-state index contributed by atoms with van der Waals surface area (Å²) in [6.07, 6.45) is -1.93. The Morgan fingerprint density at radius 1 is 1.18 bits per heavy atom. The van der Waals surface area contributed by atoms with Crippen LogP contribution in [0.25, 0.3) is 0 Å². The third-order valence-electron chi connectivity index (χ3n) is 2.88. The number of carboxylic acids is 1. The molecule has 0 bridgehead atoms. The summed E-state index contributed by atoms with van der Waals surface area (Å²) in [6.45, 7) is 1.71. The highest BCUT2D eigenvalue weighted by Crippen LogP contribution is 2.17. The Kier molecular flexibility index (Phi) is 7.04. The molecule has 7 heteroatoms. The highest BCUT2D eigenvalue weighted by molar-refractivity contribution is 5.86. The Bertz CT molecular complexity index is 516. The van der Waals surface area contributed by atoms with Gasteiger partial charge in [0.2, 0.25) is 5.91 Å². The molecule has 2 atom stereocenters. The van der Waals surface area contributed by atoms with Crippen LogP contribution in [-0.2, 0) is 19.1 Å². The van der Waals surface area contributed by atoms with Crippen molar-refractivity contribution in [2.24, 2.45) is 0 Å². The number of aliphatic hydroxyl groups is 1. The summed E-state index contributed by atoms with van der Waals surface area (Å²) >= 11 is 0. The Labute approximate surface area is 127 Å². The number of aliphatic carboxylic acids is 1. The number of amides is 1. The van der Waals surface area contributed by atoms with Crippen LogP contribution in [0, 0.1) is 0 Å². The van der Waals surface area contributed by atoms with E-state index in [4.69, 9.17) is 9.84 Å². The minimum Gasteiger partial charge on any atom is -0.481 e. The van der Waals surface area contributed by atoms with Crippen molar-refractivity contribution in [2.75, 3.05) is 6.61 Å². The number of hydrogen-bond donors (Lipinski definition) is 3. The zero-order valence-electron chi connectivity index (χ0n) is 12.2. The molecule has 1 amide bonds. The van der Waals surface area contributed by atoms with E-state index in [1.165, 1.54) is 0 Å². The van der Waals surface area contributed by atoms with Crippen LogP contribution in [-0.4, -0.2) is 40.7 Å². The molecule has 1 aromatic rings. The van der Waals surface area contributed by atoms with Crippen LogP contribution in [0.15, 0.2) is 30.3 Å². The lowest BCUT2D eigenvalue weighted by Crippen LogP contribution is -2.46. The fraction of sp³-hybridized carbons (Fsp3) is 0.400. The first-order chi connectivity index (χ1) is 10.5. The summed E-state index contributed by atoms with van der Waals surface area (Å²) in [5.41, 5.74) is 0.444. The summed E-state index contributed by atoms with van der Waals surface area (Å²) in [5, 5.41) is 21.2. The van der Waals surface area contributed by atoms with E-state index in [9.17, 15) is 19.5 Å². The van der Waals surface area contributed by atoms with Crippen LogP contribution in [0.1, 0.15) is 31.4 Å². The van der Waals surface area contributed by atoms with E-state index in [2.05, 4.69) is 5.32 Å². The van der Waals surface area contributed by atoms with Gasteiger partial charge in [0.25, 0.3) is 0 Å². The fourth-order valence-electron chi connectivity index (χ4n) is 1.81. The number of carbonyl (C=O) groups is 3. The van der Waals surface area contributed by atoms with Crippen LogP contribution in [0.3, 0.4) is 0 Å². The van der Waals surface area contributed by atoms with Gasteiger partial charge in [-0.1, -0.05) is 30.3 Å². The molecular formula is C15H19NO6. The van der Waals surface area contributed by atoms with E-state index in [0.29, 0.717) is 5.56 Å². The van der Waals surface area contributed by atoms with Gasteiger partial charge in [0.1, 0.15) is 6.10 Å². The monoisotopic (exact) mass is 309 g/mol. The third kappa shape index (κ3) is 5.53. The van der Waals surface area contributed by atoms with Crippen molar-refractivity contribution in [3.05, 3.63) is 35.9 Å². The SMILES string of the molecule is CCOC(=O)[C@H](NC(=O)CCC(=O)O)[C@H](O)c1ccccc1. The van der Waals surface area contributed by atoms with E-state index >= 15 is 0 Å². The minimum absolute atomic E-state index is 0.0990. The van der Waals surface area contributed by atoms with Gasteiger partial charge in [-0.05, 0) is 12.5 Å². The lowest BCUT2D eigenvalue weighted by Gasteiger charge is -2.22. The molecule has 3 N–H and O–H groups in total. The summed E-state index contributed by atoms with van der Waals surface area (Å²) < 4.78 is 4.84. The maximum atomic E-state index is 11.9. The number of rotatable bonds is 8. The van der Waals surface area contributed by atoms with Crippen LogP contribution >= 0.6 is 0 Å². The van der Waals surface area contributed by atoms with Crippen molar-refractivity contribution in [3.63, 3.8) is 0 Å². The quantitative estimate of drug-likeness (QED) is 0.607. The van der Waals surface area contributed by atoms with Gasteiger partial charge in [0, 0.05) is 6.42 Å². The first-order valence-electron chi connectivity index (χ1n) is 6.86. The number of ether oxygens (including phenoxy) is 1. The van der Waals surface area contributed by atoms with Crippen molar-refractivity contribution < 1.29 is 29.3 Å². The van der Waals surface area contributed by atoms with Crippen molar-refractivity contribution in [3.8, 4) is 0 Å². The number of nitrogens with one attached hydrogen (secondary N) is 1. The number of carbonyl (C=O) groups excluding carboxylic acids is 2. The van der Waals surface area contributed by atoms with Gasteiger partial charge in [-0.15, -0.1) is 0 Å². The zero-order valence-corrected chi connectivity index (χ0v) is 12.2. The van der Waals surface area contributed by atoms with Gasteiger partial charge in [0.05, 0.1) is 13.0 Å². The molecule has 0 aliphatic heterocycles. The second kappa shape index (κ2) is 8.78. The van der Waals surface area contributed by atoms with Gasteiger partial charge < -0.3 is 20.3 Å². The third-order valence-corrected chi connectivity index (χ3v) is 2.88. The zero-order chi connectivity index (χ0) is 16.5. The normalized spacial score (nSPS) is 13.0. The molecule has 7 nitrogen and oxygen atoms in total. The van der Waals surface area contributed by atoms with Gasteiger partial charge in [-0.3, -0.25) is 9.59 Å². The van der Waals surface area contributed by atoms with Gasteiger partial charge in [-0.25, -0.2) is 4.79 Å². The molecule has 1 aromatic carbocycles. The molecule has 0 spiro atoms. The van der Waals surface area contributed by atoms with Crippen LogP contribution in [0.5, 0.6) is 0 Å². The second-order valence-corrected chi connectivity index (χ2v) is 4.55. The molecule has 1 rings (SSSR count). The summed E-state index contributed by atoms with van der Waals surface area (Å²) in [7, 11) is 0. The van der Waals surface area contributed by atoms with E-state index in [1.807, 2.05) is 0 Å². The first-order valence-corrected chi connectivity index (χ1v) is 6.86. The predicted octanol–water partition coefficient (Wildman–Crippen LogP) is 0.633. The van der Waals surface area contributed by atoms with Gasteiger partial charge >= 0.3 is 11.9 Å². The molecule has 120 valence electrons. The van der Waals surface area contributed by atoms with Crippen molar-refractivity contribution in [1.29, 1.82) is 0 Å². The maximum absolute atomic E-state index is 11.9. The van der Waals surface area contributed by atoms with Crippen molar-refractivity contribution in [1.82, 2.24) is 5.32 Å². The number of benzene rings is 1. The van der Waals surface area contributed by atoms with E-state index < -0.39 is 30.0 Å². The molecule has 22 heavy (non-hydrogen) atoms. The van der Waals surface area contributed by atoms with Crippen molar-refractivity contribution in [2.45, 2.75) is 31.9 Å². The molecule has 0 aliphatic carbocycles. The van der Waals surface area contributed by atoms with Crippen LogP contribution in [0.4, 0.5) is 0 Å². The molecule has 0 unspecified atom stereocenters. The standard InChI is InChI=1S/C15H19NO6/c1-2-22-15(21)13(16-11(17)8-9-12(18)19)14(20)10-6-4-3-5-7-10/h3-7,13-14,20H,2,8-9H2,1H3,(H,16,17)(H,18,19)/t13-,14-/m1/s1. The number of carboxylic acid groups (broad SMARTS) is 1. The number of hydrogen-bond acceptors (Lipinski definition) is 5. The summed E-state index contributed by atoms with van der Waals surface area (Å²) in [5.74, 6) is -2.54. The van der Waals surface area contributed by atoms with E-state index in [1.54, 1.807) is 37.3 Å². The Hall–Kier alpha value is -2.41. The predicted molar refractivity (Wildman–Crippen MR) is 76.8 cm³/mol. The molecule has 0 saturated heterocycles. The highest BCUT2D eigenvalue weighted by atomic mass is 16.5. The molecule has 0 heterocycles. The summed E-state index contributed by atoms with van der Waals surface area (Å²) in [6, 6.07) is 7.06. The maximum Gasteiger partial charge on any atom is 0.331 e. The Morgan fingerprint density at radius 2 is 1.82 bits per heavy atom. The fourth-order valence-corrected chi connectivity index (χ4v) is 1.81. The van der Waals surface area contributed by atoms with Crippen LogP contribution < -0.4 is 5.32 Å². The molecular weight excluding hydrogens is 290 g/mol. The topological polar surface area (TPSA) is 113 Å². The van der Waals surface area contributed by atoms with E-state index in [0.717, 1.165) is 0 Å². The van der Waals surface area contributed by atoms with Crippen molar-refractivity contribution >= 4 is 17.8 Å². The largest absolute Gasteiger partial charge is 0.481 e. The molecule has 0 aliphatic rings. The Balaban J connectivity index is 2.82. The van der Waals surface area contributed by atoms with E-state index in [-0.39, 0.29) is 19.4 Å². The lowest BCUT2D eigenvalue weighted by atomic mass is 10.0. The first kappa shape index (κ1) is 17.6. The molecule has 0 fully saturated rings.